The normalized spacial score (nSPS) is 14.6. The number of amides is 1. The van der Waals surface area contributed by atoms with Gasteiger partial charge in [-0.1, -0.05) is 12.1 Å². The molecule has 1 aliphatic rings. The number of aromatic nitrogens is 1. The Hall–Kier alpha value is -3.37. The molecular weight excluding hydrogens is 393 g/mol. The number of rotatable bonds is 5. The molecule has 1 amide bonds. The van der Waals surface area contributed by atoms with Crippen molar-refractivity contribution in [2.75, 3.05) is 37.7 Å². The fourth-order valence-corrected chi connectivity index (χ4v) is 2.95. The van der Waals surface area contributed by atoms with Gasteiger partial charge < -0.3 is 9.64 Å². The second-order valence-electron chi connectivity index (χ2n) is 6.34. The highest BCUT2D eigenvalue weighted by atomic mass is 19.4. The van der Waals surface area contributed by atoms with Crippen molar-refractivity contribution in [1.29, 1.82) is 0 Å². The third-order valence-electron chi connectivity index (χ3n) is 4.51. The average Bonchev–Trinajstić information content (AvgIpc) is 2.71. The summed E-state index contributed by atoms with van der Waals surface area (Å²) >= 11 is 0. The lowest BCUT2D eigenvalue weighted by atomic mass is 10.2. The minimum absolute atomic E-state index is 0.0174. The molecule has 8 nitrogen and oxygen atoms in total. The molecule has 1 saturated heterocycles. The zero-order valence-electron chi connectivity index (χ0n) is 15.2. The van der Waals surface area contributed by atoms with E-state index in [9.17, 15) is 28.1 Å². The first-order valence-corrected chi connectivity index (χ1v) is 8.73. The van der Waals surface area contributed by atoms with Crippen LogP contribution in [0.1, 0.15) is 5.56 Å². The van der Waals surface area contributed by atoms with E-state index in [-0.39, 0.29) is 24.0 Å². The fourth-order valence-electron chi connectivity index (χ4n) is 2.95. The van der Waals surface area contributed by atoms with E-state index >= 15 is 0 Å². The van der Waals surface area contributed by atoms with Crippen LogP contribution in [0.4, 0.5) is 24.7 Å². The quantitative estimate of drug-likeness (QED) is 0.556. The summed E-state index contributed by atoms with van der Waals surface area (Å²) in [6.07, 6.45) is -3.50. The first-order valence-electron chi connectivity index (χ1n) is 8.73. The van der Waals surface area contributed by atoms with E-state index in [4.69, 9.17) is 4.74 Å². The molecule has 0 radical (unpaired) electrons. The minimum atomic E-state index is -4.41. The lowest BCUT2D eigenvalue weighted by Gasteiger charge is -2.31. The third-order valence-corrected chi connectivity index (χ3v) is 4.51. The zero-order chi connectivity index (χ0) is 21.0. The summed E-state index contributed by atoms with van der Waals surface area (Å²) in [5.41, 5.74) is -0.981. The van der Waals surface area contributed by atoms with Gasteiger partial charge in [-0.25, -0.2) is 4.98 Å². The molecule has 3 rings (SSSR count). The van der Waals surface area contributed by atoms with Crippen molar-refractivity contribution in [3.8, 4) is 5.75 Å². The average molecular weight is 411 g/mol. The number of carbonyl (C=O) groups is 1. The van der Waals surface area contributed by atoms with Crippen LogP contribution in [0.25, 0.3) is 0 Å². The van der Waals surface area contributed by atoms with Crippen molar-refractivity contribution >= 4 is 17.4 Å². The molecule has 1 fully saturated rings. The number of H-pyrrole nitrogens is 1. The maximum absolute atomic E-state index is 12.6. The molecule has 1 aliphatic heterocycles. The van der Waals surface area contributed by atoms with E-state index in [1.165, 1.54) is 24.3 Å². The number of aromatic amines is 1. The number of anilines is 1. The summed E-state index contributed by atoms with van der Waals surface area (Å²) in [4.78, 5) is 28.7. The maximum atomic E-state index is 12.6. The molecule has 1 aromatic carbocycles. The van der Waals surface area contributed by atoms with E-state index < -0.39 is 16.7 Å². The maximum Gasteiger partial charge on any atom is 0.419 e. The lowest BCUT2D eigenvalue weighted by molar-refractivity contribution is -0.385. The Morgan fingerprint density at radius 1 is 1.14 bits per heavy atom. The van der Waals surface area contributed by atoms with E-state index in [1.807, 2.05) is 4.90 Å². The number of halogens is 3. The number of benzene rings is 1. The number of nitro groups is 1. The SMILES string of the molecule is O=C(COc1ccccc1[N+](=O)[O-])N1CCN(c2ccc(C(F)(F)F)c[nH+]2)CC1. The molecule has 11 heteroatoms. The first-order chi connectivity index (χ1) is 13.8. The summed E-state index contributed by atoms with van der Waals surface area (Å²) in [5.74, 6) is 0.226. The van der Waals surface area contributed by atoms with Crippen molar-refractivity contribution in [2.45, 2.75) is 6.18 Å². The van der Waals surface area contributed by atoms with Crippen LogP contribution in [0.5, 0.6) is 5.75 Å². The molecule has 0 unspecified atom stereocenters. The standard InChI is InChI=1S/C18H17F3N4O4/c19-18(20,21)13-5-6-16(22-11-13)23-7-9-24(10-8-23)17(26)12-29-15-4-2-1-3-14(15)25(27)28/h1-6,11H,7-10,12H2/p+1. The number of nitro benzene ring substituents is 1. The Balaban J connectivity index is 1.53. The van der Waals surface area contributed by atoms with Crippen LogP contribution in [0, 0.1) is 10.1 Å². The summed E-state index contributed by atoms with van der Waals surface area (Å²) in [7, 11) is 0. The van der Waals surface area contributed by atoms with Crippen LogP contribution in [0.3, 0.4) is 0 Å². The number of piperazine rings is 1. The molecule has 1 N–H and O–H groups in total. The second-order valence-corrected chi connectivity index (χ2v) is 6.34. The molecule has 154 valence electrons. The molecule has 0 spiro atoms. The summed E-state index contributed by atoms with van der Waals surface area (Å²) in [6, 6.07) is 8.15. The molecular formula is C18H18F3N4O4+. The molecule has 0 aliphatic carbocycles. The number of nitrogens with one attached hydrogen (secondary N) is 1. The van der Waals surface area contributed by atoms with Crippen molar-refractivity contribution < 1.29 is 32.6 Å². The Morgan fingerprint density at radius 2 is 1.83 bits per heavy atom. The van der Waals surface area contributed by atoms with Crippen molar-refractivity contribution in [3.05, 3.63) is 58.3 Å². The molecule has 0 bridgehead atoms. The molecule has 2 aromatic rings. The molecule has 0 saturated carbocycles. The number of pyridine rings is 1. The lowest BCUT2D eigenvalue weighted by Crippen LogP contribution is -2.51. The number of hydrogen-bond donors (Lipinski definition) is 0. The molecule has 29 heavy (non-hydrogen) atoms. The van der Waals surface area contributed by atoms with Gasteiger partial charge in [-0.3, -0.25) is 19.8 Å². The number of alkyl halides is 3. The summed E-state index contributed by atoms with van der Waals surface area (Å²) < 4.78 is 43.2. The number of carbonyl (C=O) groups excluding carboxylic acids is 1. The van der Waals surface area contributed by atoms with Crippen LogP contribution in [-0.2, 0) is 11.0 Å². The van der Waals surface area contributed by atoms with Crippen LogP contribution in [0.15, 0.2) is 42.6 Å². The summed E-state index contributed by atoms with van der Waals surface area (Å²) in [5, 5.41) is 11.0. The van der Waals surface area contributed by atoms with Gasteiger partial charge >= 0.3 is 11.9 Å². The molecule has 0 atom stereocenters. The van der Waals surface area contributed by atoms with Gasteiger partial charge in [-0.2, -0.15) is 13.2 Å². The van der Waals surface area contributed by atoms with Gasteiger partial charge in [-0.15, -0.1) is 0 Å². The van der Waals surface area contributed by atoms with Gasteiger partial charge in [0.1, 0.15) is 19.3 Å². The van der Waals surface area contributed by atoms with E-state index in [0.717, 1.165) is 12.3 Å². The van der Waals surface area contributed by atoms with Crippen LogP contribution in [0.2, 0.25) is 0 Å². The summed E-state index contributed by atoms with van der Waals surface area (Å²) in [6.45, 7) is 1.23. The highest BCUT2D eigenvalue weighted by Gasteiger charge is 2.33. The minimum Gasteiger partial charge on any atom is -0.477 e. The Kier molecular flexibility index (Phi) is 5.85. The van der Waals surface area contributed by atoms with Crippen LogP contribution in [-0.4, -0.2) is 48.5 Å². The number of ether oxygens (including phenoxy) is 1. The van der Waals surface area contributed by atoms with Crippen molar-refractivity contribution in [2.24, 2.45) is 0 Å². The Labute approximate surface area is 163 Å². The Morgan fingerprint density at radius 3 is 2.41 bits per heavy atom. The van der Waals surface area contributed by atoms with E-state index in [0.29, 0.717) is 32.0 Å². The van der Waals surface area contributed by atoms with Crippen molar-refractivity contribution in [3.63, 3.8) is 0 Å². The van der Waals surface area contributed by atoms with Gasteiger partial charge in [0.15, 0.2) is 12.4 Å². The highest BCUT2D eigenvalue weighted by molar-refractivity contribution is 5.78. The predicted octanol–water partition coefficient (Wildman–Crippen LogP) is 2.16. The smallest absolute Gasteiger partial charge is 0.419 e. The van der Waals surface area contributed by atoms with Gasteiger partial charge in [0.05, 0.1) is 23.6 Å². The van der Waals surface area contributed by atoms with E-state index in [2.05, 4.69) is 4.98 Å². The third kappa shape index (κ3) is 4.92. The topological polar surface area (TPSA) is 90.1 Å². The number of nitrogens with zero attached hydrogens (tertiary/aromatic N) is 3. The second kappa shape index (κ2) is 8.33. The van der Waals surface area contributed by atoms with Crippen LogP contribution >= 0.6 is 0 Å². The highest BCUT2D eigenvalue weighted by Crippen LogP contribution is 2.28. The van der Waals surface area contributed by atoms with E-state index in [1.54, 1.807) is 11.0 Å². The van der Waals surface area contributed by atoms with Gasteiger partial charge in [0.25, 0.3) is 11.7 Å². The monoisotopic (exact) mass is 411 g/mol. The predicted molar refractivity (Wildman–Crippen MR) is 95.4 cm³/mol. The zero-order valence-corrected chi connectivity index (χ0v) is 15.2. The van der Waals surface area contributed by atoms with Gasteiger partial charge in [-0.05, 0) is 12.1 Å². The molecule has 1 aromatic heterocycles. The molecule has 2 heterocycles. The fraction of sp³-hybridized carbons (Fsp3) is 0.333. The first kappa shape index (κ1) is 20.4. The van der Waals surface area contributed by atoms with Crippen LogP contribution < -0.4 is 14.6 Å². The van der Waals surface area contributed by atoms with Gasteiger partial charge in [0.2, 0.25) is 0 Å². The Bertz CT molecular complexity index is 881. The number of hydrogen-bond acceptors (Lipinski definition) is 5. The largest absolute Gasteiger partial charge is 0.477 e. The van der Waals surface area contributed by atoms with Gasteiger partial charge in [0, 0.05) is 12.1 Å². The number of para-hydroxylation sites is 2. The van der Waals surface area contributed by atoms with Crippen molar-refractivity contribution in [1.82, 2.24) is 4.90 Å².